The minimum atomic E-state index is -3.04. The summed E-state index contributed by atoms with van der Waals surface area (Å²) in [7, 11) is -3.04. The summed E-state index contributed by atoms with van der Waals surface area (Å²) in [6.07, 6.45) is 1.99. The molecule has 5 rings (SSSR count). The van der Waals surface area contributed by atoms with E-state index >= 15 is 0 Å². The summed E-state index contributed by atoms with van der Waals surface area (Å²) in [6.45, 7) is 5.52. The first-order chi connectivity index (χ1) is 16.2. The Bertz CT molecular complexity index is 1590. The number of nitrogens with zero attached hydrogens (tertiary/aromatic N) is 3. The van der Waals surface area contributed by atoms with Crippen LogP contribution in [0.25, 0.3) is 20.7 Å². The molecular weight excluding hydrogens is 470 g/mol. The first kappa shape index (κ1) is 22.7. The number of fused-ring (bicyclic) bond motifs is 1. The first-order valence-electron chi connectivity index (χ1n) is 11.1. The second-order valence-corrected chi connectivity index (χ2v) is 12.1. The SMILES string of the molecule is Cc1c(-c2ccccc2)sc2ncn(CC(=O)c3cc(C)n(C4CCS(=O)(=O)C4)c3C)c(=O)c12. The van der Waals surface area contributed by atoms with Gasteiger partial charge in [0.05, 0.1) is 29.8 Å². The number of thiophene rings is 1. The number of Topliss-reactive ketones (excluding diaryl/α,β-unsaturated/α-hetero) is 1. The third-order valence-electron chi connectivity index (χ3n) is 6.63. The van der Waals surface area contributed by atoms with Crippen molar-refractivity contribution in [1.82, 2.24) is 14.1 Å². The fourth-order valence-corrected chi connectivity index (χ4v) is 7.82. The Balaban J connectivity index is 1.48. The van der Waals surface area contributed by atoms with E-state index in [2.05, 4.69) is 4.98 Å². The lowest BCUT2D eigenvalue weighted by molar-refractivity contribution is 0.0970. The highest BCUT2D eigenvalue weighted by Crippen LogP contribution is 2.35. The molecule has 1 atom stereocenters. The molecule has 1 unspecified atom stereocenters. The Labute approximate surface area is 201 Å². The summed E-state index contributed by atoms with van der Waals surface area (Å²) in [5.74, 6) is 0.0713. The van der Waals surface area contributed by atoms with E-state index in [9.17, 15) is 18.0 Å². The average Bonchev–Trinajstić information content (AvgIpc) is 3.43. The normalized spacial score (nSPS) is 17.4. The van der Waals surface area contributed by atoms with Crippen molar-refractivity contribution in [3.05, 3.63) is 75.6 Å². The maximum atomic E-state index is 13.3. The molecule has 1 aliphatic rings. The Hall–Kier alpha value is -3.04. The highest BCUT2D eigenvalue weighted by molar-refractivity contribution is 7.91. The van der Waals surface area contributed by atoms with Crippen LogP contribution in [0.15, 0.2) is 47.5 Å². The number of rotatable bonds is 5. The number of aryl methyl sites for hydroxylation is 2. The molecule has 176 valence electrons. The minimum Gasteiger partial charge on any atom is -0.344 e. The van der Waals surface area contributed by atoms with Gasteiger partial charge in [-0.1, -0.05) is 30.3 Å². The van der Waals surface area contributed by atoms with Gasteiger partial charge in [0.15, 0.2) is 15.6 Å². The van der Waals surface area contributed by atoms with Crippen molar-refractivity contribution >= 4 is 37.2 Å². The number of carbonyl (C=O) groups excluding carboxylic acids is 1. The van der Waals surface area contributed by atoms with Crippen molar-refractivity contribution in [2.45, 2.75) is 39.8 Å². The predicted octanol–water partition coefficient (Wildman–Crippen LogP) is 4.09. The molecule has 0 bridgehead atoms. The van der Waals surface area contributed by atoms with Crippen molar-refractivity contribution in [2.75, 3.05) is 11.5 Å². The van der Waals surface area contributed by atoms with E-state index in [0.717, 1.165) is 27.4 Å². The zero-order valence-corrected chi connectivity index (χ0v) is 20.9. The fourth-order valence-electron chi connectivity index (χ4n) is 4.98. The highest BCUT2D eigenvalue weighted by atomic mass is 32.2. The number of benzene rings is 1. The van der Waals surface area contributed by atoms with Crippen LogP contribution in [0.2, 0.25) is 0 Å². The van der Waals surface area contributed by atoms with E-state index in [-0.39, 0.29) is 35.4 Å². The topological polar surface area (TPSA) is 91.0 Å². The Morgan fingerprint density at radius 1 is 1.18 bits per heavy atom. The lowest BCUT2D eigenvalue weighted by Crippen LogP contribution is -2.25. The molecule has 9 heteroatoms. The van der Waals surface area contributed by atoms with Crippen LogP contribution in [0.5, 0.6) is 0 Å². The quantitative estimate of drug-likeness (QED) is 0.389. The van der Waals surface area contributed by atoms with Crippen molar-refractivity contribution in [2.24, 2.45) is 0 Å². The van der Waals surface area contributed by atoms with E-state index in [1.165, 1.54) is 22.2 Å². The fraction of sp³-hybridized carbons (Fsp3) is 0.320. The summed E-state index contributed by atoms with van der Waals surface area (Å²) in [4.78, 5) is 32.7. The zero-order chi connectivity index (χ0) is 24.2. The largest absolute Gasteiger partial charge is 0.344 e. The van der Waals surface area contributed by atoms with Crippen LogP contribution in [-0.2, 0) is 16.4 Å². The number of carbonyl (C=O) groups is 1. The van der Waals surface area contributed by atoms with Gasteiger partial charge in [0.25, 0.3) is 5.56 Å². The van der Waals surface area contributed by atoms with Gasteiger partial charge in [0, 0.05) is 27.9 Å². The van der Waals surface area contributed by atoms with Crippen LogP contribution in [0.1, 0.15) is 39.8 Å². The molecule has 0 N–H and O–H groups in total. The maximum absolute atomic E-state index is 13.3. The van der Waals surface area contributed by atoms with Gasteiger partial charge in [0.1, 0.15) is 4.83 Å². The number of ketones is 1. The van der Waals surface area contributed by atoms with Gasteiger partial charge in [-0.25, -0.2) is 13.4 Å². The Morgan fingerprint density at radius 2 is 1.91 bits per heavy atom. The summed E-state index contributed by atoms with van der Waals surface area (Å²) in [5, 5.41) is 0.542. The van der Waals surface area contributed by atoms with Gasteiger partial charge >= 0.3 is 0 Å². The summed E-state index contributed by atoms with van der Waals surface area (Å²) in [5.41, 5.74) is 3.78. The van der Waals surface area contributed by atoms with Gasteiger partial charge < -0.3 is 4.57 Å². The number of sulfone groups is 1. The second-order valence-electron chi connectivity index (χ2n) is 8.91. The molecule has 1 fully saturated rings. The first-order valence-corrected chi connectivity index (χ1v) is 13.8. The summed E-state index contributed by atoms with van der Waals surface area (Å²) < 4.78 is 27.2. The van der Waals surface area contributed by atoms with Gasteiger partial charge in [-0.05, 0) is 44.4 Å². The molecule has 1 aromatic carbocycles. The summed E-state index contributed by atoms with van der Waals surface area (Å²) in [6, 6.07) is 11.5. The maximum Gasteiger partial charge on any atom is 0.262 e. The molecule has 7 nitrogen and oxygen atoms in total. The van der Waals surface area contributed by atoms with Crippen LogP contribution >= 0.6 is 11.3 Å². The molecular formula is C25H25N3O4S2. The van der Waals surface area contributed by atoms with Crippen LogP contribution in [-0.4, -0.2) is 39.8 Å². The molecule has 0 aliphatic carbocycles. The van der Waals surface area contributed by atoms with Gasteiger partial charge in [-0.15, -0.1) is 11.3 Å². The van der Waals surface area contributed by atoms with E-state index in [4.69, 9.17) is 0 Å². The third-order valence-corrected chi connectivity index (χ3v) is 9.62. The van der Waals surface area contributed by atoms with Crippen molar-refractivity contribution in [3.8, 4) is 10.4 Å². The van der Waals surface area contributed by atoms with Crippen molar-refractivity contribution < 1.29 is 13.2 Å². The summed E-state index contributed by atoms with van der Waals surface area (Å²) >= 11 is 1.47. The Kier molecular flexibility index (Phi) is 5.56. The van der Waals surface area contributed by atoms with E-state index in [1.54, 1.807) is 6.07 Å². The molecule has 0 spiro atoms. The van der Waals surface area contributed by atoms with Crippen molar-refractivity contribution in [1.29, 1.82) is 0 Å². The molecule has 0 saturated carbocycles. The van der Waals surface area contributed by atoms with Crippen LogP contribution < -0.4 is 5.56 Å². The zero-order valence-electron chi connectivity index (χ0n) is 19.2. The molecule has 0 radical (unpaired) electrons. The predicted molar refractivity (Wildman–Crippen MR) is 135 cm³/mol. The molecule has 1 aliphatic heterocycles. The number of hydrogen-bond donors (Lipinski definition) is 0. The molecule has 4 aromatic rings. The van der Waals surface area contributed by atoms with Gasteiger partial charge in [-0.2, -0.15) is 0 Å². The van der Waals surface area contributed by atoms with Crippen molar-refractivity contribution in [3.63, 3.8) is 0 Å². The third kappa shape index (κ3) is 3.82. The standard InChI is InChI=1S/C25H25N3O4S2/c1-15-11-20(17(3)28(15)19-9-10-34(31,32)13-19)21(29)12-27-14-26-24-22(25(27)30)16(2)23(33-24)18-7-5-4-6-8-18/h4-8,11,14,19H,9-10,12-13H2,1-3H3. The van der Waals surface area contributed by atoms with Gasteiger partial charge in [-0.3, -0.25) is 14.2 Å². The average molecular weight is 496 g/mol. The molecule has 1 saturated heterocycles. The highest BCUT2D eigenvalue weighted by Gasteiger charge is 2.31. The number of aromatic nitrogens is 3. The number of hydrogen-bond acceptors (Lipinski definition) is 6. The Morgan fingerprint density at radius 3 is 2.59 bits per heavy atom. The minimum absolute atomic E-state index is 0.0955. The smallest absolute Gasteiger partial charge is 0.262 e. The molecule has 4 heterocycles. The molecule has 3 aromatic heterocycles. The lowest BCUT2D eigenvalue weighted by atomic mass is 10.1. The second kappa shape index (κ2) is 8.32. The van der Waals surface area contributed by atoms with Gasteiger partial charge in [0.2, 0.25) is 0 Å². The molecule has 0 amide bonds. The molecule has 34 heavy (non-hydrogen) atoms. The van der Waals surface area contributed by atoms with E-state index < -0.39 is 9.84 Å². The van der Waals surface area contributed by atoms with Crippen LogP contribution in [0.3, 0.4) is 0 Å². The van der Waals surface area contributed by atoms with E-state index in [1.807, 2.05) is 55.7 Å². The lowest BCUT2D eigenvalue weighted by Gasteiger charge is -2.16. The monoisotopic (exact) mass is 495 g/mol. The van der Waals surface area contributed by atoms with Crippen LogP contribution in [0, 0.1) is 20.8 Å². The van der Waals surface area contributed by atoms with Crippen LogP contribution in [0.4, 0.5) is 0 Å². The van der Waals surface area contributed by atoms with E-state index in [0.29, 0.717) is 22.2 Å².